The average molecular weight is 314 g/mol. The highest BCUT2D eigenvalue weighted by molar-refractivity contribution is 6.30. The minimum Gasteiger partial charge on any atom is -0.459 e. The second-order valence-electron chi connectivity index (χ2n) is 6.40. The topological polar surface area (TPSA) is 29.5 Å². The molecule has 0 amide bonds. The third-order valence-electron chi connectivity index (χ3n) is 3.42. The molecule has 1 heterocycles. The zero-order valence-corrected chi connectivity index (χ0v) is 13.4. The molecule has 2 rings (SSSR count). The fourth-order valence-electron chi connectivity index (χ4n) is 2.54. The van der Waals surface area contributed by atoms with Crippen molar-refractivity contribution in [3.63, 3.8) is 0 Å². The fourth-order valence-corrected chi connectivity index (χ4v) is 2.73. The van der Waals surface area contributed by atoms with Gasteiger partial charge in [0.25, 0.3) is 0 Å². The fraction of sp³-hybridized carbons (Fsp3) is 0.562. The Balaban J connectivity index is 2.08. The third kappa shape index (κ3) is 4.42. The molecule has 1 aliphatic heterocycles. The van der Waals surface area contributed by atoms with Crippen LogP contribution in [0.3, 0.4) is 0 Å². The van der Waals surface area contributed by atoms with Crippen LogP contribution < -0.4 is 0 Å². The van der Waals surface area contributed by atoms with Crippen LogP contribution >= 0.6 is 11.6 Å². The Morgan fingerprint density at radius 3 is 2.86 bits per heavy atom. The van der Waals surface area contributed by atoms with E-state index in [4.69, 9.17) is 16.3 Å². The van der Waals surface area contributed by atoms with Crippen LogP contribution in [-0.4, -0.2) is 29.1 Å². The van der Waals surface area contributed by atoms with E-state index in [1.54, 1.807) is 6.07 Å². The first-order valence-electron chi connectivity index (χ1n) is 7.17. The standard InChI is InChI=1S/C16H21ClFNO2/c1-16(2,3)21-15(20)14-5-4-8-19(14)10-11-9-12(17)6-7-13(11)18/h6-7,9,14H,4-5,8,10H2,1-3H3/t14-/m0/s1. The molecular formula is C16H21ClFNO2. The zero-order valence-electron chi connectivity index (χ0n) is 12.7. The average Bonchev–Trinajstić information content (AvgIpc) is 2.80. The maximum atomic E-state index is 13.8. The molecule has 0 aromatic heterocycles. The van der Waals surface area contributed by atoms with Crippen molar-refractivity contribution in [2.75, 3.05) is 6.54 Å². The van der Waals surface area contributed by atoms with Crippen molar-refractivity contribution in [3.05, 3.63) is 34.6 Å². The zero-order chi connectivity index (χ0) is 15.6. The molecule has 1 atom stereocenters. The summed E-state index contributed by atoms with van der Waals surface area (Å²) in [4.78, 5) is 14.2. The highest BCUT2D eigenvalue weighted by atomic mass is 35.5. The molecule has 0 bridgehead atoms. The van der Waals surface area contributed by atoms with E-state index >= 15 is 0 Å². The predicted molar refractivity (Wildman–Crippen MR) is 80.7 cm³/mol. The van der Waals surface area contributed by atoms with Crippen molar-refractivity contribution in [1.82, 2.24) is 4.90 Å². The van der Waals surface area contributed by atoms with Crippen molar-refractivity contribution in [3.8, 4) is 0 Å². The summed E-state index contributed by atoms with van der Waals surface area (Å²) < 4.78 is 19.3. The van der Waals surface area contributed by atoms with Gasteiger partial charge in [0.15, 0.2) is 0 Å². The molecule has 1 fully saturated rings. The third-order valence-corrected chi connectivity index (χ3v) is 3.66. The summed E-state index contributed by atoms with van der Waals surface area (Å²) in [6.45, 7) is 6.68. The van der Waals surface area contributed by atoms with Crippen molar-refractivity contribution >= 4 is 17.6 Å². The Bertz CT molecular complexity index is 527. The van der Waals surface area contributed by atoms with E-state index in [2.05, 4.69) is 0 Å². The lowest BCUT2D eigenvalue weighted by Crippen LogP contribution is -2.40. The Morgan fingerprint density at radius 1 is 1.48 bits per heavy atom. The van der Waals surface area contributed by atoms with Gasteiger partial charge in [-0.25, -0.2) is 4.39 Å². The number of hydrogen-bond donors (Lipinski definition) is 0. The van der Waals surface area contributed by atoms with Crippen LogP contribution in [0, 0.1) is 5.82 Å². The van der Waals surface area contributed by atoms with E-state index in [1.165, 1.54) is 12.1 Å². The van der Waals surface area contributed by atoms with Crippen LogP contribution in [0.25, 0.3) is 0 Å². The highest BCUT2D eigenvalue weighted by Gasteiger charge is 2.34. The lowest BCUT2D eigenvalue weighted by Gasteiger charge is -2.27. The van der Waals surface area contributed by atoms with E-state index in [1.807, 2.05) is 25.7 Å². The molecule has 21 heavy (non-hydrogen) atoms. The van der Waals surface area contributed by atoms with Gasteiger partial charge < -0.3 is 4.74 Å². The first-order valence-corrected chi connectivity index (χ1v) is 7.55. The van der Waals surface area contributed by atoms with E-state index in [0.717, 1.165) is 19.4 Å². The van der Waals surface area contributed by atoms with Gasteiger partial charge in [0, 0.05) is 17.1 Å². The van der Waals surface area contributed by atoms with E-state index in [0.29, 0.717) is 17.1 Å². The van der Waals surface area contributed by atoms with E-state index in [9.17, 15) is 9.18 Å². The maximum absolute atomic E-state index is 13.8. The predicted octanol–water partition coefficient (Wildman–Crippen LogP) is 3.79. The van der Waals surface area contributed by atoms with Crippen LogP contribution in [0.2, 0.25) is 5.02 Å². The Hall–Kier alpha value is -1.13. The molecule has 0 unspecified atom stereocenters. The van der Waals surface area contributed by atoms with Crippen molar-refractivity contribution in [2.24, 2.45) is 0 Å². The van der Waals surface area contributed by atoms with Crippen molar-refractivity contribution in [2.45, 2.75) is 51.8 Å². The number of hydrogen-bond acceptors (Lipinski definition) is 3. The molecule has 1 saturated heterocycles. The van der Waals surface area contributed by atoms with Gasteiger partial charge in [-0.15, -0.1) is 0 Å². The van der Waals surface area contributed by atoms with Gasteiger partial charge in [-0.3, -0.25) is 9.69 Å². The number of likely N-dealkylation sites (tertiary alicyclic amines) is 1. The number of ether oxygens (including phenoxy) is 1. The van der Waals surface area contributed by atoms with Crippen molar-refractivity contribution < 1.29 is 13.9 Å². The molecule has 116 valence electrons. The molecule has 0 aliphatic carbocycles. The number of carbonyl (C=O) groups excluding carboxylic acids is 1. The monoisotopic (exact) mass is 313 g/mol. The number of carbonyl (C=O) groups is 1. The molecule has 5 heteroatoms. The summed E-state index contributed by atoms with van der Waals surface area (Å²) in [7, 11) is 0. The van der Waals surface area contributed by atoms with Gasteiger partial charge >= 0.3 is 5.97 Å². The molecule has 3 nitrogen and oxygen atoms in total. The van der Waals surface area contributed by atoms with Crippen LogP contribution in [0.5, 0.6) is 0 Å². The van der Waals surface area contributed by atoms with Crippen LogP contribution in [-0.2, 0) is 16.1 Å². The van der Waals surface area contributed by atoms with Gasteiger partial charge in [0.1, 0.15) is 17.5 Å². The number of halogens is 2. The summed E-state index contributed by atoms with van der Waals surface area (Å²) in [6.07, 6.45) is 1.66. The Labute approximate surface area is 130 Å². The first-order chi connectivity index (χ1) is 9.76. The quantitative estimate of drug-likeness (QED) is 0.795. The van der Waals surface area contributed by atoms with Gasteiger partial charge in [-0.05, 0) is 58.4 Å². The first kappa shape index (κ1) is 16.2. The summed E-state index contributed by atoms with van der Waals surface area (Å²) in [5.41, 5.74) is 0.00471. The lowest BCUT2D eigenvalue weighted by molar-refractivity contribution is -0.160. The largest absolute Gasteiger partial charge is 0.459 e. The smallest absolute Gasteiger partial charge is 0.323 e. The number of benzene rings is 1. The molecule has 1 aromatic carbocycles. The summed E-state index contributed by atoms with van der Waals surface area (Å²) in [6, 6.07) is 4.19. The number of rotatable bonds is 3. The second kappa shape index (κ2) is 6.32. The molecule has 0 radical (unpaired) electrons. The molecule has 0 N–H and O–H groups in total. The Morgan fingerprint density at radius 2 is 2.19 bits per heavy atom. The highest BCUT2D eigenvalue weighted by Crippen LogP contribution is 2.25. The molecule has 0 saturated carbocycles. The van der Waals surface area contributed by atoms with Crippen LogP contribution in [0.1, 0.15) is 39.2 Å². The number of nitrogens with zero attached hydrogens (tertiary/aromatic N) is 1. The summed E-state index contributed by atoms with van der Waals surface area (Å²) in [5, 5.41) is 0.499. The molecule has 1 aliphatic rings. The molecular weight excluding hydrogens is 293 g/mol. The van der Waals surface area contributed by atoms with Gasteiger partial charge in [-0.1, -0.05) is 11.6 Å². The number of esters is 1. The Kier molecular flexibility index (Phi) is 4.89. The van der Waals surface area contributed by atoms with Gasteiger partial charge in [-0.2, -0.15) is 0 Å². The van der Waals surface area contributed by atoms with E-state index < -0.39 is 5.60 Å². The summed E-state index contributed by atoms with van der Waals surface area (Å²) in [5.74, 6) is -0.531. The van der Waals surface area contributed by atoms with Gasteiger partial charge in [0.05, 0.1) is 0 Å². The van der Waals surface area contributed by atoms with Crippen LogP contribution in [0.4, 0.5) is 4.39 Å². The minimum absolute atomic E-state index is 0.234. The minimum atomic E-state index is -0.507. The summed E-state index contributed by atoms with van der Waals surface area (Å²) >= 11 is 5.91. The SMILES string of the molecule is CC(C)(C)OC(=O)[C@@H]1CCCN1Cc1cc(Cl)ccc1F. The lowest BCUT2D eigenvalue weighted by atomic mass is 10.1. The normalized spacial score (nSPS) is 19.8. The molecule has 0 spiro atoms. The van der Waals surface area contributed by atoms with Gasteiger partial charge in [0.2, 0.25) is 0 Å². The van der Waals surface area contributed by atoms with Crippen molar-refractivity contribution in [1.29, 1.82) is 0 Å². The second-order valence-corrected chi connectivity index (χ2v) is 6.83. The van der Waals surface area contributed by atoms with E-state index in [-0.39, 0.29) is 17.8 Å². The molecule has 1 aromatic rings. The van der Waals surface area contributed by atoms with Crippen LogP contribution in [0.15, 0.2) is 18.2 Å². The maximum Gasteiger partial charge on any atom is 0.323 e.